The van der Waals surface area contributed by atoms with Gasteiger partial charge in [0.1, 0.15) is 0 Å². The van der Waals surface area contributed by atoms with E-state index in [2.05, 4.69) is 10.3 Å². The zero-order chi connectivity index (χ0) is 13.0. The fraction of sp³-hybridized carbons (Fsp3) is 0.357. The van der Waals surface area contributed by atoms with E-state index in [1.807, 2.05) is 30.5 Å². The Kier molecular flexibility index (Phi) is 3.99. The number of rotatable bonds is 5. The van der Waals surface area contributed by atoms with Gasteiger partial charge >= 0.3 is 0 Å². The van der Waals surface area contributed by atoms with Crippen molar-refractivity contribution in [1.29, 1.82) is 0 Å². The maximum Gasteiger partial charge on any atom is 0.251 e. The number of amides is 1. The normalized spacial score (nSPS) is 12.6. The van der Waals surface area contributed by atoms with Gasteiger partial charge in [-0.05, 0) is 44.0 Å². The summed E-state index contributed by atoms with van der Waals surface area (Å²) >= 11 is 0. The second-order valence-corrected chi connectivity index (χ2v) is 4.53. The van der Waals surface area contributed by atoms with Gasteiger partial charge in [0.05, 0.1) is 6.10 Å². The van der Waals surface area contributed by atoms with Gasteiger partial charge in [0.25, 0.3) is 5.91 Å². The second kappa shape index (κ2) is 5.69. The van der Waals surface area contributed by atoms with Gasteiger partial charge < -0.3 is 15.4 Å². The summed E-state index contributed by atoms with van der Waals surface area (Å²) in [6.07, 6.45) is 3.04. The lowest BCUT2D eigenvalue weighted by atomic mass is 10.1. The summed E-state index contributed by atoms with van der Waals surface area (Å²) in [4.78, 5) is 15.0. The molecule has 2 aromatic rings. The van der Waals surface area contributed by atoms with Crippen LogP contribution in [0.4, 0.5) is 0 Å². The Morgan fingerprint density at radius 2 is 2.28 bits per heavy atom. The van der Waals surface area contributed by atoms with Crippen molar-refractivity contribution in [2.75, 3.05) is 6.54 Å². The predicted octanol–water partition coefficient (Wildman–Crippen LogP) is 2.06. The van der Waals surface area contributed by atoms with Gasteiger partial charge in [0.2, 0.25) is 0 Å². The highest BCUT2D eigenvalue weighted by molar-refractivity contribution is 5.98. The summed E-state index contributed by atoms with van der Waals surface area (Å²) in [5, 5.41) is 13.0. The van der Waals surface area contributed by atoms with Crippen molar-refractivity contribution in [2.45, 2.75) is 25.9 Å². The Labute approximate surface area is 106 Å². The second-order valence-electron chi connectivity index (χ2n) is 4.53. The number of fused-ring (bicyclic) bond motifs is 1. The number of benzene rings is 1. The molecule has 1 atom stereocenters. The van der Waals surface area contributed by atoms with E-state index in [1.54, 1.807) is 6.92 Å². The van der Waals surface area contributed by atoms with E-state index >= 15 is 0 Å². The van der Waals surface area contributed by atoms with Crippen molar-refractivity contribution >= 4 is 16.8 Å². The van der Waals surface area contributed by atoms with E-state index in [1.165, 1.54) is 0 Å². The third kappa shape index (κ3) is 3.11. The first-order valence-corrected chi connectivity index (χ1v) is 6.20. The van der Waals surface area contributed by atoms with E-state index in [-0.39, 0.29) is 12.0 Å². The highest BCUT2D eigenvalue weighted by Gasteiger charge is 2.06. The molecule has 18 heavy (non-hydrogen) atoms. The van der Waals surface area contributed by atoms with Gasteiger partial charge in [0.15, 0.2) is 0 Å². The number of hydrogen-bond acceptors (Lipinski definition) is 2. The van der Waals surface area contributed by atoms with Gasteiger partial charge in [-0.15, -0.1) is 0 Å². The number of carbonyl (C=O) groups excluding carboxylic acids is 1. The highest BCUT2D eigenvalue weighted by atomic mass is 16.3. The van der Waals surface area contributed by atoms with Gasteiger partial charge in [-0.3, -0.25) is 4.79 Å². The zero-order valence-corrected chi connectivity index (χ0v) is 10.4. The third-order valence-corrected chi connectivity index (χ3v) is 2.90. The lowest BCUT2D eigenvalue weighted by Crippen LogP contribution is -2.24. The average Bonchev–Trinajstić information content (AvgIpc) is 2.81. The molecule has 0 saturated carbocycles. The number of nitrogens with one attached hydrogen (secondary N) is 2. The summed E-state index contributed by atoms with van der Waals surface area (Å²) in [5.74, 6) is -0.0660. The molecule has 0 saturated heterocycles. The minimum absolute atomic E-state index is 0.0660. The lowest BCUT2D eigenvalue weighted by Gasteiger charge is -2.06. The average molecular weight is 246 g/mol. The summed E-state index contributed by atoms with van der Waals surface area (Å²) in [6, 6.07) is 7.53. The highest BCUT2D eigenvalue weighted by Crippen LogP contribution is 2.14. The van der Waals surface area contributed by atoms with Crippen molar-refractivity contribution in [2.24, 2.45) is 0 Å². The molecule has 1 heterocycles. The third-order valence-electron chi connectivity index (χ3n) is 2.90. The van der Waals surface area contributed by atoms with Crippen LogP contribution in [0.1, 0.15) is 30.1 Å². The molecule has 2 rings (SSSR count). The standard InChI is InChI=1S/C14H18N2O2/c1-10(17)3-2-7-16-14(18)12-4-5-13-11(9-12)6-8-15-13/h4-6,8-10,15,17H,2-3,7H2,1H3,(H,16,18). The monoisotopic (exact) mass is 246 g/mol. The molecular weight excluding hydrogens is 228 g/mol. The van der Waals surface area contributed by atoms with Crippen LogP contribution >= 0.6 is 0 Å². The van der Waals surface area contributed by atoms with Crippen molar-refractivity contribution < 1.29 is 9.90 Å². The van der Waals surface area contributed by atoms with Crippen LogP contribution in [0.15, 0.2) is 30.5 Å². The Hall–Kier alpha value is -1.81. The number of aliphatic hydroxyl groups excluding tert-OH is 1. The fourth-order valence-corrected chi connectivity index (χ4v) is 1.90. The van der Waals surface area contributed by atoms with Crippen molar-refractivity contribution in [3.8, 4) is 0 Å². The quantitative estimate of drug-likeness (QED) is 0.707. The van der Waals surface area contributed by atoms with Crippen LogP contribution in [0, 0.1) is 0 Å². The number of hydrogen-bond donors (Lipinski definition) is 3. The minimum Gasteiger partial charge on any atom is -0.393 e. The largest absolute Gasteiger partial charge is 0.393 e. The van der Waals surface area contributed by atoms with Gasteiger partial charge in [-0.25, -0.2) is 0 Å². The molecule has 0 aliphatic rings. The molecule has 0 spiro atoms. The number of aliphatic hydroxyl groups is 1. The number of aromatic amines is 1. The minimum atomic E-state index is -0.307. The number of aromatic nitrogens is 1. The van der Waals surface area contributed by atoms with Crippen LogP contribution < -0.4 is 5.32 Å². The molecule has 1 unspecified atom stereocenters. The smallest absolute Gasteiger partial charge is 0.251 e. The molecule has 96 valence electrons. The first kappa shape index (κ1) is 12.6. The maximum absolute atomic E-state index is 11.9. The summed E-state index contributed by atoms with van der Waals surface area (Å²) in [7, 11) is 0. The van der Waals surface area contributed by atoms with Crippen molar-refractivity contribution in [1.82, 2.24) is 10.3 Å². The van der Waals surface area contributed by atoms with Gasteiger partial charge in [-0.1, -0.05) is 0 Å². The van der Waals surface area contributed by atoms with E-state index in [0.29, 0.717) is 18.5 Å². The molecule has 0 fully saturated rings. The molecular formula is C14H18N2O2. The Balaban J connectivity index is 1.92. The number of carbonyl (C=O) groups is 1. The van der Waals surface area contributed by atoms with E-state index < -0.39 is 0 Å². The Bertz CT molecular complexity index is 531. The molecule has 1 amide bonds. The molecule has 1 aromatic carbocycles. The van der Waals surface area contributed by atoms with Crippen LogP contribution in [0.2, 0.25) is 0 Å². The van der Waals surface area contributed by atoms with E-state index in [9.17, 15) is 4.79 Å². The molecule has 0 bridgehead atoms. The van der Waals surface area contributed by atoms with Crippen LogP contribution in [-0.2, 0) is 0 Å². The van der Waals surface area contributed by atoms with Gasteiger partial charge in [-0.2, -0.15) is 0 Å². The topological polar surface area (TPSA) is 65.1 Å². The maximum atomic E-state index is 11.9. The Morgan fingerprint density at radius 3 is 3.06 bits per heavy atom. The summed E-state index contributed by atoms with van der Waals surface area (Å²) in [5.41, 5.74) is 1.69. The van der Waals surface area contributed by atoms with Crippen molar-refractivity contribution in [3.05, 3.63) is 36.0 Å². The first-order valence-electron chi connectivity index (χ1n) is 6.20. The molecule has 4 heteroatoms. The van der Waals surface area contributed by atoms with E-state index in [4.69, 9.17) is 5.11 Å². The molecule has 0 radical (unpaired) electrons. The molecule has 1 aromatic heterocycles. The first-order chi connectivity index (χ1) is 8.66. The summed E-state index contributed by atoms with van der Waals surface area (Å²) in [6.45, 7) is 2.34. The number of H-pyrrole nitrogens is 1. The lowest BCUT2D eigenvalue weighted by molar-refractivity contribution is 0.0950. The van der Waals surface area contributed by atoms with Crippen LogP contribution in [0.3, 0.4) is 0 Å². The Morgan fingerprint density at radius 1 is 1.44 bits per heavy atom. The zero-order valence-electron chi connectivity index (χ0n) is 10.4. The van der Waals surface area contributed by atoms with Gasteiger partial charge in [0, 0.05) is 29.2 Å². The predicted molar refractivity (Wildman–Crippen MR) is 71.5 cm³/mol. The van der Waals surface area contributed by atoms with Crippen LogP contribution in [0.5, 0.6) is 0 Å². The molecule has 0 aliphatic carbocycles. The SMILES string of the molecule is CC(O)CCCNC(=O)c1ccc2[nH]ccc2c1. The molecule has 3 N–H and O–H groups in total. The molecule has 4 nitrogen and oxygen atoms in total. The van der Waals surface area contributed by atoms with Crippen LogP contribution in [-0.4, -0.2) is 28.6 Å². The molecule has 0 aliphatic heterocycles. The van der Waals surface area contributed by atoms with Crippen LogP contribution in [0.25, 0.3) is 10.9 Å². The summed E-state index contributed by atoms with van der Waals surface area (Å²) < 4.78 is 0. The van der Waals surface area contributed by atoms with Crippen molar-refractivity contribution in [3.63, 3.8) is 0 Å². The fourth-order valence-electron chi connectivity index (χ4n) is 1.90. The van der Waals surface area contributed by atoms with E-state index in [0.717, 1.165) is 17.3 Å².